The van der Waals surface area contributed by atoms with Crippen molar-refractivity contribution in [1.82, 2.24) is 0 Å². The Labute approximate surface area is 56.9 Å². The molecule has 0 atom stereocenters. The molecule has 2 heteroatoms. The number of hydrogen-bond acceptors (Lipinski definition) is 1. The molecule has 0 aliphatic rings. The normalized spacial score (nSPS) is 8.83. The van der Waals surface area contributed by atoms with Gasteiger partial charge in [-0.15, -0.1) is 0 Å². The molecule has 0 amide bonds. The van der Waals surface area contributed by atoms with E-state index < -0.39 is 0 Å². The Balaban J connectivity index is 3.05. The molecular formula is C4H4PbS. The van der Waals surface area contributed by atoms with Crippen LogP contribution in [-0.2, 0) is 0 Å². The molecule has 0 aliphatic carbocycles. The van der Waals surface area contributed by atoms with Crippen molar-refractivity contribution < 1.29 is 0 Å². The molecule has 0 N–H and O–H groups in total. The number of thiophene rings is 1. The maximum atomic E-state index is 2.18. The van der Waals surface area contributed by atoms with Crippen LogP contribution in [0.5, 0.6) is 0 Å². The summed E-state index contributed by atoms with van der Waals surface area (Å²) in [5.74, 6) is 0. The van der Waals surface area contributed by atoms with Crippen molar-refractivity contribution in [2.24, 2.45) is 0 Å². The second kappa shape index (κ2) is 2.07. The Morgan fingerprint density at radius 3 is 2.67 bits per heavy atom. The zero-order chi connectivity index (χ0) is 4.41. The molecule has 1 aromatic rings. The molecule has 30 valence electrons. The molecule has 0 aromatic carbocycles. The second-order valence-electron chi connectivity index (χ2n) is 1.02. The van der Waals surface area contributed by atoms with Gasteiger partial charge in [-0.25, -0.2) is 0 Å². The van der Waals surface area contributed by atoms with Crippen LogP contribution in [0.15, 0.2) is 17.5 Å². The van der Waals surface area contributed by atoms with Gasteiger partial charge in [0.25, 0.3) is 0 Å². The Kier molecular flexibility index (Phi) is 1.64. The van der Waals surface area contributed by atoms with E-state index in [-0.39, 0.29) is 0 Å². The average Bonchev–Trinajstić information content (AvgIpc) is 1.86. The van der Waals surface area contributed by atoms with Gasteiger partial charge >= 0.3 is 57.1 Å². The van der Waals surface area contributed by atoms with Crippen LogP contribution < -0.4 is 2.44 Å². The van der Waals surface area contributed by atoms with Gasteiger partial charge in [-0.2, -0.15) is 0 Å². The third kappa shape index (κ3) is 1.04. The molecule has 2 radical (unpaired) electrons. The van der Waals surface area contributed by atoms with Gasteiger partial charge < -0.3 is 0 Å². The molecule has 1 heterocycles. The summed E-state index contributed by atoms with van der Waals surface area (Å²) >= 11 is 2.89. The fourth-order valence-corrected chi connectivity index (χ4v) is 2.11. The summed E-state index contributed by atoms with van der Waals surface area (Å²) in [5, 5.41) is 2.12. The molecule has 0 nitrogen and oxygen atoms in total. The minimum absolute atomic E-state index is 1.04. The predicted octanol–water partition coefficient (Wildman–Crippen LogP) is 0.274. The van der Waals surface area contributed by atoms with Crippen LogP contribution in [0, 0.1) is 0 Å². The quantitative estimate of drug-likeness (QED) is 0.602. The number of hydrogen-bond donors (Lipinski definition) is 0. The first-order chi connectivity index (χ1) is 2.89. The molecule has 0 aliphatic heterocycles. The van der Waals surface area contributed by atoms with Gasteiger partial charge in [0.15, 0.2) is 0 Å². The van der Waals surface area contributed by atoms with Crippen LogP contribution in [0.1, 0.15) is 0 Å². The number of rotatable bonds is 0. The summed E-state index contributed by atoms with van der Waals surface area (Å²) < 4.78 is 1.55. The monoisotopic (exact) mass is 292 g/mol. The van der Waals surface area contributed by atoms with Crippen molar-refractivity contribution in [3.63, 3.8) is 0 Å². The first kappa shape index (κ1) is 4.77. The van der Waals surface area contributed by atoms with Crippen molar-refractivity contribution in [3.05, 3.63) is 17.5 Å². The molecule has 0 unspecified atom stereocenters. The topological polar surface area (TPSA) is 0 Å². The van der Waals surface area contributed by atoms with Crippen LogP contribution in [0.2, 0.25) is 0 Å². The average molecular weight is 291 g/mol. The first-order valence-corrected chi connectivity index (χ1v) is 4.81. The van der Waals surface area contributed by atoms with Gasteiger partial charge in [-0.1, -0.05) is 0 Å². The van der Waals surface area contributed by atoms with Crippen molar-refractivity contribution in [2.75, 3.05) is 0 Å². The van der Waals surface area contributed by atoms with Gasteiger partial charge in [-0.3, -0.25) is 0 Å². The van der Waals surface area contributed by atoms with Crippen molar-refractivity contribution in [3.8, 4) is 0 Å². The van der Waals surface area contributed by atoms with Crippen molar-refractivity contribution in [1.29, 1.82) is 0 Å². The van der Waals surface area contributed by atoms with Gasteiger partial charge in [0.1, 0.15) is 0 Å². The van der Waals surface area contributed by atoms with Gasteiger partial charge in [-0.05, 0) is 0 Å². The van der Waals surface area contributed by atoms with Crippen LogP contribution in [0.25, 0.3) is 0 Å². The fourth-order valence-electron chi connectivity index (χ4n) is 0.291. The zero-order valence-corrected chi connectivity index (χ0v) is 8.52. The Bertz CT molecular complexity index is 111. The molecule has 0 spiro atoms. The molecule has 6 heavy (non-hydrogen) atoms. The van der Waals surface area contributed by atoms with E-state index in [1.165, 1.54) is 0 Å². The third-order valence-corrected chi connectivity index (χ3v) is 3.58. The van der Waals surface area contributed by atoms with E-state index in [4.69, 9.17) is 0 Å². The zero-order valence-electron chi connectivity index (χ0n) is 3.22. The standard InChI is InChI=1S/C4H3S.Pb.H/c1-2-4-5-3-1;;/h1-3H;;. The molecule has 1 rings (SSSR count). The van der Waals surface area contributed by atoms with Crippen LogP contribution in [0.3, 0.4) is 0 Å². The summed E-state index contributed by atoms with van der Waals surface area (Å²) in [6, 6.07) is 4.27. The van der Waals surface area contributed by atoms with E-state index in [2.05, 4.69) is 17.5 Å². The summed E-state index contributed by atoms with van der Waals surface area (Å²) in [6.07, 6.45) is 0. The summed E-state index contributed by atoms with van der Waals surface area (Å²) in [6.45, 7) is 0. The van der Waals surface area contributed by atoms with Crippen LogP contribution in [0.4, 0.5) is 0 Å². The predicted molar refractivity (Wildman–Crippen MR) is 31.1 cm³/mol. The second-order valence-corrected chi connectivity index (χ2v) is 6.04. The Morgan fingerprint density at radius 2 is 2.50 bits per heavy atom. The van der Waals surface area contributed by atoms with Crippen LogP contribution in [-0.4, -0.2) is 25.8 Å². The van der Waals surface area contributed by atoms with Crippen molar-refractivity contribution >= 4 is 39.5 Å². The van der Waals surface area contributed by atoms with E-state index in [1.807, 2.05) is 11.3 Å². The Hall–Kier alpha value is 0.622. The SMILES string of the molecule is [PbH][c]1cccs1. The van der Waals surface area contributed by atoms with Gasteiger partial charge in [0.05, 0.1) is 0 Å². The molecule has 0 fully saturated rings. The van der Waals surface area contributed by atoms with Gasteiger partial charge in [0.2, 0.25) is 0 Å². The molecule has 0 bridgehead atoms. The molecule has 0 saturated heterocycles. The third-order valence-electron chi connectivity index (χ3n) is 0.543. The summed E-state index contributed by atoms with van der Waals surface area (Å²) in [5.41, 5.74) is 0. The maximum absolute atomic E-state index is 2.18. The molecule has 0 saturated carbocycles. The van der Waals surface area contributed by atoms with E-state index in [0.717, 1.165) is 25.8 Å². The van der Waals surface area contributed by atoms with Crippen molar-refractivity contribution in [2.45, 2.75) is 0 Å². The first-order valence-electron chi connectivity index (χ1n) is 1.68. The summed E-state index contributed by atoms with van der Waals surface area (Å²) in [4.78, 5) is 0. The van der Waals surface area contributed by atoms with Gasteiger partial charge in [0, 0.05) is 0 Å². The van der Waals surface area contributed by atoms with E-state index in [0.29, 0.717) is 0 Å². The fraction of sp³-hybridized carbons (Fsp3) is 0. The molecule has 1 aromatic heterocycles. The van der Waals surface area contributed by atoms with E-state index in [1.54, 1.807) is 2.44 Å². The van der Waals surface area contributed by atoms with Crippen LogP contribution >= 0.6 is 11.3 Å². The Morgan fingerprint density at radius 1 is 1.67 bits per heavy atom. The minimum atomic E-state index is 1.04. The molecular weight excluding hydrogens is 287 g/mol. The van der Waals surface area contributed by atoms with E-state index in [9.17, 15) is 0 Å². The van der Waals surface area contributed by atoms with E-state index >= 15 is 0 Å². The summed E-state index contributed by atoms with van der Waals surface area (Å²) in [7, 11) is 0.